The van der Waals surface area contributed by atoms with Crippen LogP contribution in [0.1, 0.15) is 24.1 Å². The molecule has 0 heterocycles. The van der Waals surface area contributed by atoms with Gasteiger partial charge in [0.1, 0.15) is 5.75 Å². The molecule has 0 saturated carbocycles. The fourth-order valence-electron chi connectivity index (χ4n) is 3.35. The third kappa shape index (κ3) is 6.18. The van der Waals surface area contributed by atoms with Gasteiger partial charge in [-0.05, 0) is 48.7 Å². The van der Waals surface area contributed by atoms with Crippen LogP contribution >= 0.6 is 0 Å². The second-order valence-corrected chi connectivity index (χ2v) is 9.39. The highest BCUT2D eigenvalue weighted by molar-refractivity contribution is 7.89. The van der Waals surface area contributed by atoms with Gasteiger partial charge < -0.3 is 10.1 Å². The summed E-state index contributed by atoms with van der Waals surface area (Å²) in [6.07, 6.45) is 0.508. The van der Waals surface area contributed by atoms with Crippen molar-refractivity contribution in [2.75, 3.05) is 20.2 Å². The van der Waals surface area contributed by atoms with E-state index in [4.69, 9.17) is 4.74 Å². The Hall–Kier alpha value is -3.16. The zero-order valence-electron chi connectivity index (χ0n) is 18.3. The Labute approximate surface area is 189 Å². The van der Waals surface area contributed by atoms with Crippen LogP contribution in [0.5, 0.6) is 5.75 Å². The van der Waals surface area contributed by atoms with Gasteiger partial charge in [-0.3, -0.25) is 4.79 Å². The first-order chi connectivity index (χ1) is 15.4. The van der Waals surface area contributed by atoms with E-state index >= 15 is 0 Å². The van der Waals surface area contributed by atoms with E-state index in [2.05, 4.69) is 5.32 Å². The lowest BCUT2D eigenvalue weighted by molar-refractivity contribution is -0.121. The fraction of sp³-hybridized carbons (Fsp3) is 0.240. The molecule has 1 amide bonds. The van der Waals surface area contributed by atoms with Gasteiger partial charge >= 0.3 is 0 Å². The number of nitrogens with one attached hydrogen (secondary N) is 1. The number of sulfonamides is 1. The highest BCUT2D eigenvalue weighted by Crippen LogP contribution is 2.19. The number of carbonyl (C=O) groups is 1. The van der Waals surface area contributed by atoms with Crippen molar-refractivity contribution in [3.8, 4) is 5.75 Å². The number of hydrogen-bond donors (Lipinski definition) is 1. The molecular formula is C25H28N2O4S. The number of nitrogens with zero attached hydrogens (tertiary/aromatic N) is 1. The van der Waals surface area contributed by atoms with E-state index in [0.29, 0.717) is 6.42 Å². The molecule has 6 nitrogen and oxygen atoms in total. The maximum absolute atomic E-state index is 13.2. The summed E-state index contributed by atoms with van der Waals surface area (Å²) >= 11 is 0. The summed E-state index contributed by atoms with van der Waals surface area (Å²) in [6.45, 7) is 1.80. The van der Waals surface area contributed by atoms with E-state index in [-0.39, 0.29) is 29.9 Å². The first-order valence-corrected chi connectivity index (χ1v) is 11.9. The minimum atomic E-state index is -3.82. The van der Waals surface area contributed by atoms with Crippen molar-refractivity contribution in [3.05, 3.63) is 96.1 Å². The normalized spacial score (nSPS) is 12.3. The zero-order chi connectivity index (χ0) is 23.0. The van der Waals surface area contributed by atoms with E-state index in [1.165, 1.54) is 4.31 Å². The van der Waals surface area contributed by atoms with Crippen molar-refractivity contribution in [1.82, 2.24) is 9.62 Å². The third-order valence-corrected chi connectivity index (χ3v) is 7.05. The summed E-state index contributed by atoms with van der Waals surface area (Å²) in [5.41, 5.74) is 1.91. The van der Waals surface area contributed by atoms with Crippen molar-refractivity contribution < 1.29 is 17.9 Å². The van der Waals surface area contributed by atoms with Crippen LogP contribution in [-0.2, 0) is 21.2 Å². The summed E-state index contributed by atoms with van der Waals surface area (Å²) in [4.78, 5) is 13.0. The zero-order valence-corrected chi connectivity index (χ0v) is 19.1. The molecule has 0 radical (unpaired) electrons. The van der Waals surface area contributed by atoms with Crippen LogP contribution in [0.2, 0.25) is 0 Å². The smallest absolute Gasteiger partial charge is 0.243 e. The van der Waals surface area contributed by atoms with Crippen molar-refractivity contribution in [1.29, 1.82) is 0 Å². The summed E-state index contributed by atoms with van der Waals surface area (Å²) in [5, 5.41) is 2.90. The topological polar surface area (TPSA) is 75.7 Å². The van der Waals surface area contributed by atoms with Crippen LogP contribution < -0.4 is 10.1 Å². The van der Waals surface area contributed by atoms with Crippen LogP contribution in [0.3, 0.4) is 0 Å². The van der Waals surface area contributed by atoms with E-state index in [1.807, 2.05) is 61.5 Å². The van der Waals surface area contributed by atoms with Gasteiger partial charge in [0.25, 0.3) is 0 Å². The molecule has 1 unspecified atom stereocenters. The Morgan fingerprint density at radius 2 is 1.53 bits per heavy atom. The fourth-order valence-corrected chi connectivity index (χ4v) is 4.77. The molecule has 0 aromatic heterocycles. The molecule has 32 heavy (non-hydrogen) atoms. The summed E-state index contributed by atoms with van der Waals surface area (Å²) in [5.74, 6) is 0.370. The van der Waals surface area contributed by atoms with Crippen LogP contribution in [-0.4, -0.2) is 38.8 Å². The Morgan fingerprint density at radius 3 is 2.12 bits per heavy atom. The predicted octanol–water partition coefficient (Wildman–Crippen LogP) is 3.81. The largest absolute Gasteiger partial charge is 0.497 e. The molecular weight excluding hydrogens is 424 g/mol. The third-order valence-electron chi connectivity index (χ3n) is 5.19. The van der Waals surface area contributed by atoms with Gasteiger partial charge in [-0.1, -0.05) is 60.7 Å². The molecule has 0 aliphatic rings. The van der Waals surface area contributed by atoms with Gasteiger partial charge in [0.15, 0.2) is 0 Å². The van der Waals surface area contributed by atoms with E-state index in [9.17, 15) is 13.2 Å². The summed E-state index contributed by atoms with van der Waals surface area (Å²) in [6, 6.07) is 24.9. The van der Waals surface area contributed by atoms with Gasteiger partial charge in [0.2, 0.25) is 15.9 Å². The molecule has 0 bridgehead atoms. The first-order valence-electron chi connectivity index (χ1n) is 10.4. The van der Waals surface area contributed by atoms with Crippen LogP contribution in [0, 0.1) is 0 Å². The molecule has 1 atom stereocenters. The van der Waals surface area contributed by atoms with Crippen molar-refractivity contribution in [2.45, 2.75) is 24.3 Å². The van der Waals surface area contributed by atoms with Crippen LogP contribution in [0.25, 0.3) is 0 Å². The highest BCUT2D eigenvalue weighted by atomic mass is 32.2. The monoisotopic (exact) mass is 452 g/mol. The van der Waals surface area contributed by atoms with Crippen molar-refractivity contribution in [3.63, 3.8) is 0 Å². The Balaban J connectivity index is 1.74. The lowest BCUT2D eigenvalue weighted by atomic mass is 10.1. The number of benzene rings is 3. The second kappa shape index (κ2) is 10.9. The number of hydrogen-bond acceptors (Lipinski definition) is 4. The molecule has 7 heteroatoms. The van der Waals surface area contributed by atoms with Gasteiger partial charge in [-0.2, -0.15) is 4.31 Å². The minimum Gasteiger partial charge on any atom is -0.497 e. The molecule has 0 aliphatic heterocycles. The average molecular weight is 453 g/mol. The lowest BCUT2D eigenvalue weighted by Gasteiger charge is -2.23. The molecule has 168 valence electrons. The average Bonchev–Trinajstić information content (AvgIpc) is 2.82. The SMILES string of the molecule is COc1ccc(C(C)NC(=O)CN(CCc2ccccc2)S(=O)(=O)c2ccccc2)cc1. The lowest BCUT2D eigenvalue weighted by Crippen LogP contribution is -2.42. The maximum atomic E-state index is 13.2. The van der Waals surface area contributed by atoms with Crippen molar-refractivity contribution in [2.24, 2.45) is 0 Å². The van der Waals surface area contributed by atoms with Gasteiger partial charge in [-0.25, -0.2) is 8.42 Å². The standard InChI is InChI=1S/C25H28N2O4S/c1-20(22-13-15-23(31-2)16-14-22)26-25(28)19-27(18-17-21-9-5-3-6-10-21)32(29,30)24-11-7-4-8-12-24/h3-16,20H,17-19H2,1-2H3,(H,26,28). The van der Waals surface area contributed by atoms with Crippen LogP contribution in [0.4, 0.5) is 0 Å². The maximum Gasteiger partial charge on any atom is 0.243 e. The van der Waals surface area contributed by atoms with E-state index in [1.54, 1.807) is 37.4 Å². The van der Waals surface area contributed by atoms with Crippen molar-refractivity contribution >= 4 is 15.9 Å². The molecule has 3 rings (SSSR count). The molecule has 0 aliphatic carbocycles. The second-order valence-electron chi connectivity index (χ2n) is 7.45. The first kappa shape index (κ1) is 23.5. The minimum absolute atomic E-state index is 0.170. The Morgan fingerprint density at radius 1 is 0.938 bits per heavy atom. The van der Waals surface area contributed by atoms with Crippen LogP contribution in [0.15, 0.2) is 89.8 Å². The predicted molar refractivity (Wildman–Crippen MR) is 125 cm³/mol. The molecule has 0 saturated heterocycles. The molecule has 3 aromatic carbocycles. The Kier molecular flexibility index (Phi) is 8.03. The summed E-state index contributed by atoms with van der Waals surface area (Å²) in [7, 11) is -2.23. The molecule has 1 N–H and O–H groups in total. The molecule has 0 spiro atoms. The van der Waals surface area contributed by atoms with Gasteiger partial charge in [-0.15, -0.1) is 0 Å². The molecule has 0 fully saturated rings. The van der Waals surface area contributed by atoms with E-state index < -0.39 is 10.0 Å². The highest BCUT2D eigenvalue weighted by Gasteiger charge is 2.26. The molecule has 3 aromatic rings. The number of ether oxygens (including phenoxy) is 1. The number of methoxy groups -OCH3 is 1. The Bertz CT molecular complexity index is 1100. The quantitative estimate of drug-likeness (QED) is 0.508. The number of carbonyl (C=O) groups excluding carboxylic acids is 1. The van der Waals surface area contributed by atoms with Gasteiger partial charge in [0, 0.05) is 6.54 Å². The number of rotatable bonds is 10. The van der Waals surface area contributed by atoms with Gasteiger partial charge in [0.05, 0.1) is 24.6 Å². The van der Waals surface area contributed by atoms with E-state index in [0.717, 1.165) is 16.9 Å². The number of amides is 1. The summed E-state index contributed by atoms with van der Waals surface area (Å²) < 4.78 is 32.9.